The first kappa shape index (κ1) is 30.6. The highest BCUT2D eigenvalue weighted by atomic mass is 19.1. The zero-order chi connectivity index (χ0) is 32.3. The van der Waals surface area contributed by atoms with Crippen LogP contribution in [0.5, 0.6) is 5.75 Å². The molecule has 234 valence electrons. The molecule has 3 heteroatoms. The van der Waals surface area contributed by atoms with Gasteiger partial charge in [-0.15, -0.1) is 0 Å². The van der Waals surface area contributed by atoms with E-state index in [9.17, 15) is 9.90 Å². The fourth-order valence-electron chi connectivity index (χ4n) is 8.34. The second-order valence-corrected chi connectivity index (χ2v) is 13.0. The molecule has 1 atom stereocenters. The molecule has 0 amide bonds. The molecule has 1 fully saturated rings. The molecule has 5 aromatic carbocycles. The Hall–Kier alpha value is -5.02. The van der Waals surface area contributed by atoms with Crippen molar-refractivity contribution in [3.8, 4) is 5.75 Å². The van der Waals surface area contributed by atoms with Crippen molar-refractivity contribution in [3.63, 3.8) is 0 Å². The molecule has 1 N–H and O–H groups in total. The molecule has 0 radical (unpaired) electrons. The van der Waals surface area contributed by atoms with Crippen LogP contribution in [0.3, 0.4) is 0 Å². The number of phenols is 1. The molecule has 0 aromatic heterocycles. The van der Waals surface area contributed by atoms with Crippen LogP contribution in [0.2, 0.25) is 0 Å². The Morgan fingerprint density at radius 2 is 1.06 bits per heavy atom. The molecule has 3 aliphatic rings. The highest BCUT2D eigenvalue weighted by molar-refractivity contribution is 6.02. The van der Waals surface area contributed by atoms with Gasteiger partial charge in [-0.25, -0.2) is 4.39 Å². The van der Waals surface area contributed by atoms with Gasteiger partial charge in [-0.05, 0) is 108 Å². The van der Waals surface area contributed by atoms with Gasteiger partial charge in [0.25, 0.3) is 0 Å². The van der Waals surface area contributed by atoms with E-state index in [4.69, 9.17) is 0 Å². The number of aromatic hydroxyl groups is 1. The van der Waals surface area contributed by atoms with E-state index in [0.717, 1.165) is 43.2 Å². The number of phenolic OH excluding ortho intramolecular Hbond substituents is 1. The summed E-state index contributed by atoms with van der Waals surface area (Å²) in [7, 11) is 0. The SMILES string of the molecule is O=C1C=C[C@]2(F)CCCC(c3ccccc3)(c3ccccc3)C2=C1.Oc1ccc2c(c1)C(c1ccccc1)(c1ccccc1)CCC2. The van der Waals surface area contributed by atoms with E-state index in [2.05, 4.69) is 66.7 Å². The second-order valence-electron chi connectivity index (χ2n) is 13.0. The van der Waals surface area contributed by atoms with Gasteiger partial charge in [0.2, 0.25) is 0 Å². The summed E-state index contributed by atoms with van der Waals surface area (Å²) in [5, 5.41) is 10.1. The van der Waals surface area contributed by atoms with Crippen molar-refractivity contribution >= 4 is 5.78 Å². The van der Waals surface area contributed by atoms with Gasteiger partial charge >= 0.3 is 0 Å². The van der Waals surface area contributed by atoms with E-state index in [1.165, 1.54) is 40.5 Å². The number of alkyl halides is 1. The zero-order valence-electron chi connectivity index (χ0n) is 26.5. The predicted molar refractivity (Wildman–Crippen MR) is 187 cm³/mol. The number of aryl methyl sites for hydroxylation is 1. The van der Waals surface area contributed by atoms with Crippen molar-refractivity contribution in [2.24, 2.45) is 0 Å². The lowest BCUT2D eigenvalue weighted by Crippen LogP contribution is -2.45. The summed E-state index contributed by atoms with van der Waals surface area (Å²) >= 11 is 0. The van der Waals surface area contributed by atoms with Crippen LogP contribution in [-0.2, 0) is 22.0 Å². The summed E-state index contributed by atoms with van der Waals surface area (Å²) in [6.07, 6.45) is 9.68. The maximum atomic E-state index is 15.7. The normalized spacial score (nSPS) is 20.5. The third-order valence-electron chi connectivity index (χ3n) is 10.4. The van der Waals surface area contributed by atoms with Crippen LogP contribution in [0.1, 0.15) is 65.5 Å². The average Bonchev–Trinajstić information content (AvgIpc) is 3.13. The molecule has 3 aliphatic carbocycles. The molecule has 1 saturated carbocycles. The number of halogens is 1. The summed E-state index contributed by atoms with van der Waals surface area (Å²) in [5.41, 5.74) is 5.59. The number of carbonyl (C=O) groups is 1. The maximum Gasteiger partial charge on any atom is 0.178 e. The van der Waals surface area contributed by atoms with Crippen molar-refractivity contribution in [1.82, 2.24) is 0 Å². The Balaban J connectivity index is 0.000000150. The Labute approximate surface area is 276 Å². The first-order valence-corrected chi connectivity index (χ1v) is 16.6. The molecule has 47 heavy (non-hydrogen) atoms. The molecular weight excluding hydrogens is 579 g/mol. The Morgan fingerprint density at radius 1 is 0.574 bits per heavy atom. The first-order chi connectivity index (χ1) is 23.0. The van der Waals surface area contributed by atoms with Crippen LogP contribution in [0.15, 0.2) is 163 Å². The number of allylic oxidation sites excluding steroid dienone is 4. The minimum absolute atomic E-state index is 0.128. The van der Waals surface area contributed by atoms with Crippen LogP contribution in [0.4, 0.5) is 4.39 Å². The van der Waals surface area contributed by atoms with E-state index < -0.39 is 11.1 Å². The number of ketones is 1. The summed E-state index contributed by atoms with van der Waals surface area (Å²) < 4.78 is 15.7. The van der Waals surface area contributed by atoms with Gasteiger partial charge in [0.05, 0.1) is 0 Å². The molecular formula is C44H39FO2. The van der Waals surface area contributed by atoms with E-state index in [0.29, 0.717) is 17.7 Å². The number of fused-ring (bicyclic) bond motifs is 2. The number of rotatable bonds is 4. The standard InChI is InChI=1S/C22H19FO.C22H20O/c23-21-13-7-14-22(17-8-3-1-4-9-17,18-10-5-2-6-11-18)20(21)16-19(24)12-15-21;23-20-14-13-17-8-7-15-22(21(17)16-20,18-9-3-1-4-10-18)19-11-5-2-6-12-19/h1-6,8-12,15-16H,7,13-14H2;1-6,9-14,16,23H,7-8,15H2/t21-;/m1./s1. The quantitative estimate of drug-likeness (QED) is 0.218. The van der Waals surface area contributed by atoms with Crippen molar-refractivity contribution < 1.29 is 14.3 Å². The zero-order valence-corrected chi connectivity index (χ0v) is 26.5. The maximum absolute atomic E-state index is 15.7. The topological polar surface area (TPSA) is 37.3 Å². The van der Waals surface area contributed by atoms with Crippen LogP contribution in [0, 0.1) is 0 Å². The van der Waals surface area contributed by atoms with Gasteiger partial charge in [0.1, 0.15) is 5.75 Å². The lowest BCUT2D eigenvalue weighted by atomic mass is 9.57. The molecule has 8 rings (SSSR count). The van der Waals surface area contributed by atoms with Crippen LogP contribution < -0.4 is 0 Å². The van der Waals surface area contributed by atoms with E-state index >= 15 is 4.39 Å². The van der Waals surface area contributed by atoms with Crippen molar-refractivity contribution in [1.29, 1.82) is 0 Å². The summed E-state index contributed by atoms with van der Waals surface area (Å²) in [6.45, 7) is 0. The number of carbonyl (C=O) groups excluding carboxylic acids is 1. The van der Waals surface area contributed by atoms with Gasteiger partial charge < -0.3 is 5.11 Å². The summed E-state index contributed by atoms with van der Waals surface area (Å²) in [6, 6.07) is 47.3. The molecule has 0 unspecified atom stereocenters. The smallest absolute Gasteiger partial charge is 0.178 e. The molecule has 0 spiro atoms. The molecule has 2 nitrogen and oxygen atoms in total. The van der Waals surface area contributed by atoms with Gasteiger partial charge in [-0.1, -0.05) is 127 Å². The third-order valence-corrected chi connectivity index (χ3v) is 10.4. The van der Waals surface area contributed by atoms with Crippen LogP contribution >= 0.6 is 0 Å². The predicted octanol–water partition coefficient (Wildman–Crippen LogP) is 9.99. The van der Waals surface area contributed by atoms with Gasteiger partial charge in [-0.2, -0.15) is 0 Å². The van der Waals surface area contributed by atoms with Gasteiger partial charge in [0.15, 0.2) is 11.5 Å². The number of benzene rings is 5. The van der Waals surface area contributed by atoms with Gasteiger partial charge in [0, 0.05) is 10.8 Å². The van der Waals surface area contributed by atoms with Crippen LogP contribution in [0.25, 0.3) is 0 Å². The number of hydrogen-bond donors (Lipinski definition) is 1. The molecule has 5 aromatic rings. The van der Waals surface area contributed by atoms with Crippen molar-refractivity contribution in [3.05, 3.63) is 197 Å². The van der Waals surface area contributed by atoms with Crippen molar-refractivity contribution in [2.75, 3.05) is 0 Å². The fourth-order valence-corrected chi connectivity index (χ4v) is 8.34. The van der Waals surface area contributed by atoms with Crippen LogP contribution in [-0.4, -0.2) is 16.6 Å². The number of hydrogen-bond acceptors (Lipinski definition) is 2. The second kappa shape index (κ2) is 12.6. The minimum Gasteiger partial charge on any atom is -0.508 e. The Morgan fingerprint density at radius 3 is 1.60 bits per heavy atom. The first-order valence-electron chi connectivity index (χ1n) is 16.6. The van der Waals surface area contributed by atoms with E-state index in [-0.39, 0.29) is 11.2 Å². The Kier molecular flexibility index (Phi) is 8.24. The summed E-state index contributed by atoms with van der Waals surface area (Å²) in [4.78, 5) is 12.1. The van der Waals surface area contributed by atoms with E-state index in [1.807, 2.05) is 72.8 Å². The van der Waals surface area contributed by atoms with Crippen molar-refractivity contribution in [2.45, 2.75) is 55.0 Å². The molecule has 0 aliphatic heterocycles. The largest absolute Gasteiger partial charge is 0.508 e. The molecule has 0 bridgehead atoms. The lowest BCUT2D eigenvalue weighted by Gasteiger charge is -2.47. The minimum atomic E-state index is -1.54. The summed E-state index contributed by atoms with van der Waals surface area (Å²) in [5.74, 6) is 0.221. The highest BCUT2D eigenvalue weighted by Gasteiger charge is 2.52. The lowest BCUT2D eigenvalue weighted by molar-refractivity contribution is -0.110. The average molecular weight is 619 g/mol. The Bertz CT molecular complexity index is 1830. The molecule has 0 heterocycles. The highest BCUT2D eigenvalue weighted by Crippen LogP contribution is 2.55. The fraction of sp³-hybridized carbons (Fsp3) is 0.205. The third kappa shape index (κ3) is 5.44. The molecule has 0 saturated heterocycles. The monoisotopic (exact) mass is 618 g/mol. The van der Waals surface area contributed by atoms with Gasteiger partial charge in [-0.3, -0.25) is 4.79 Å². The van der Waals surface area contributed by atoms with E-state index in [1.54, 1.807) is 0 Å².